The van der Waals surface area contributed by atoms with Gasteiger partial charge in [-0.15, -0.1) is 0 Å². The van der Waals surface area contributed by atoms with Crippen molar-refractivity contribution in [2.24, 2.45) is 5.84 Å². The van der Waals surface area contributed by atoms with Crippen molar-refractivity contribution in [2.45, 2.75) is 3.79 Å². The fraction of sp³-hybridized carbons (Fsp3) is 0.167. The van der Waals surface area contributed by atoms with Crippen molar-refractivity contribution >= 4 is 40.5 Å². The third kappa shape index (κ3) is 2.14. The number of nitrogens with one attached hydrogen (secondary N) is 1. The van der Waals surface area contributed by atoms with Crippen LogP contribution in [-0.2, 0) is 3.79 Å². The molecule has 1 rings (SSSR count). The fourth-order valence-electron chi connectivity index (χ4n) is 0.748. The maximum absolute atomic E-state index is 5.62. The summed E-state index contributed by atoms with van der Waals surface area (Å²) in [6.45, 7) is 0. The van der Waals surface area contributed by atoms with E-state index >= 15 is 0 Å². The summed E-state index contributed by atoms with van der Waals surface area (Å²) in [7, 11) is 0. The van der Waals surface area contributed by atoms with Gasteiger partial charge in [-0.2, -0.15) is 0 Å². The van der Waals surface area contributed by atoms with Gasteiger partial charge in [-0.25, -0.2) is 0 Å². The molecule has 0 fully saturated rings. The van der Waals surface area contributed by atoms with Crippen LogP contribution in [0.15, 0.2) is 18.3 Å². The molecule has 0 aromatic carbocycles. The molecule has 12 heavy (non-hydrogen) atoms. The maximum Gasteiger partial charge on any atom is 0.234 e. The lowest BCUT2D eigenvalue weighted by Crippen LogP contribution is -2.14. The molecule has 66 valence electrons. The first-order valence-electron chi connectivity index (χ1n) is 3.04. The Kier molecular flexibility index (Phi) is 3.01. The number of halogens is 3. The van der Waals surface area contributed by atoms with Gasteiger partial charge in [0.1, 0.15) is 5.69 Å². The topological polar surface area (TPSA) is 50.9 Å². The van der Waals surface area contributed by atoms with E-state index in [1.807, 2.05) is 0 Å². The van der Waals surface area contributed by atoms with Gasteiger partial charge in [0.2, 0.25) is 3.79 Å². The number of nitrogens with two attached hydrogens (primary N) is 1. The number of alkyl halides is 3. The van der Waals surface area contributed by atoms with Crippen LogP contribution in [0.1, 0.15) is 5.69 Å². The fourth-order valence-corrected chi connectivity index (χ4v) is 1.20. The Balaban J connectivity index is 3.14. The van der Waals surface area contributed by atoms with Crippen molar-refractivity contribution in [1.82, 2.24) is 4.98 Å². The zero-order valence-electron chi connectivity index (χ0n) is 5.89. The van der Waals surface area contributed by atoms with Gasteiger partial charge in [-0.3, -0.25) is 10.8 Å². The second kappa shape index (κ2) is 3.66. The number of aromatic nitrogens is 1. The van der Waals surface area contributed by atoms with E-state index in [1.165, 1.54) is 6.20 Å². The van der Waals surface area contributed by atoms with E-state index in [-0.39, 0.29) is 5.69 Å². The van der Waals surface area contributed by atoms with Gasteiger partial charge in [0.05, 0.1) is 5.69 Å². The van der Waals surface area contributed by atoms with Crippen LogP contribution in [0.2, 0.25) is 0 Å². The van der Waals surface area contributed by atoms with Gasteiger partial charge in [-0.05, 0) is 12.1 Å². The van der Waals surface area contributed by atoms with Gasteiger partial charge in [-0.1, -0.05) is 34.8 Å². The van der Waals surface area contributed by atoms with Gasteiger partial charge in [0.15, 0.2) is 0 Å². The molecule has 0 bridgehead atoms. The lowest BCUT2D eigenvalue weighted by atomic mass is 10.3. The molecule has 1 aromatic heterocycles. The second-order valence-corrected chi connectivity index (χ2v) is 4.32. The highest BCUT2D eigenvalue weighted by atomic mass is 35.6. The monoisotopic (exact) mass is 225 g/mol. The molecular weight excluding hydrogens is 220 g/mol. The summed E-state index contributed by atoms with van der Waals surface area (Å²) >= 11 is 16.8. The van der Waals surface area contributed by atoms with E-state index in [4.69, 9.17) is 40.6 Å². The molecule has 0 saturated carbocycles. The Morgan fingerprint density at radius 2 is 2.08 bits per heavy atom. The maximum atomic E-state index is 5.62. The summed E-state index contributed by atoms with van der Waals surface area (Å²) in [4.78, 5) is 3.88. The van der Waals surface area contributed by atoms with E-state index in [0.29, 0.717) is 5.69 Å². The first kappa shape index (κ1) is 9.86. The molecule has 1 heterocycles. The molecule has 0 spiro atoms. The number of hydrogen-bond acceptors (Lipinski definition) is 3. The summed E-state index contributed by atoms with van der Waals surface area (Å²) in [6, 6.07) is 3.36. The Morgan fingerprint density at radius 3 is 2.50 bits per heavy atom. The van der Waals surface area contributed by atoms with Crippen LogP contribution in [0.3, 0.4) is 0 Å². The number of pyridine rings is 1. The minimum Gasteiger partial charge on any atom is -0.322 e. The summed E-state index contributed by atoms with van der Waals surface area (Å²) in [6.07, 6.45) is 1.53. The Hall–Kier alpha value is -0.220. The lowest BCUT2D eigenvalue weighted by molar-refractivity contribution is 1.08. The lowest BCUT2D eigenvalue weighted by Gasteiger charge is -2.13. The number of nitrogens with zero attached hydrogens (tertiary/aromatic N) is 1. The van der Waals surface area contributed by atoms with E-state index in [1.54, 1.807) is 12.1 Å². The number of rotatable bonds is 1. The summed E-state index contributed by atoms with van der Waals surface area (Å²) in [5.74, 6) is 5.18. The third-order valence-corrected chi connectivity index (χ3v) is 1.77. The van der Waals surface area contributed by atoms with E-state index < -0.39 is 3.79 Å². The van der Waals surface area contributed by atoms with Crippen molar-refractivity contribution in [3.8, 4) is 0 Å². The highest BCUT2D eigenvalue weighted by molar-refractivity contribution is 6.66. The number of hydrazine groups is 1. The van der Waals surface area contributed by atoms with Gasteiger partial charge >= 0.3 is 0 Å². The second-order valence-electron chi connectivity index (χ2n) is 2.04. The largest absolute Gasteiger partial charge is 0.322 e. The van der Waals surface area contributed by atoms with Crippen LogP contribution in [-0.4, -0.2) is 4.98 Å². The van der Waals surface area contributed by atoms with Crippen LogP contribution in [0, 0.1) is 0 Å². The number of anilines is 1. The molecule has 3 N–H and O–H groups in total. The quantitative estimate of drug-likeness (QED) is 0.438. The van der Waals surface area contributed by atoms with Gasteiger partial charge in [0, 0.05) is 6.20 Å². The van der Waals surface area contributed by atoms with E-state index in [9.17, 15) is 0 Å². The number of nitrogen functional groups attached to an aromatic ring is 1. The molecule has 0 aliphatic heterocycles. The molecule has 3 nitrogen and oxygen atoms in total. The Labute approximate surface area is 84.8 Å². The third-order valence-electron chi connectivity index (χ3n) is 1.23. The van der Waals surface area contributed by atoms with Crippen LogP contribution < -0.4 is 11.3 Å². The highest BCUT2D eigenvalue weighted by Crippen LogP contribution is 2.39. The van der Waals surface area contributed by atoms with E-state index in [2.05, 4.69) is 10.4 Å². The SMILES string of the molecule is NNc1cccnc1C(Cl)(Cl)Cl. The van der Waals surface area contributed by atoms with Crippen LogP contribution in [0.25, 0.3) is 0 Å². The average Bonchev–Trinajstić information content (AvgIpc) is 2.03. The molecule has 0 atom stereocenters. The van der Waals surface area contributed by atoms with Gasteiger partial charge in [0.25, 0.3) is 0 Å². The molecular formula is C6H6Cl3N3. The van der Waals surface area contributed by atoms with Crippen molar-refractivity contribution < 1.29 is 0 Å². The zero-order valence-corrected chi connectivity index (χ0v) is 8.16. The highest BCUT2D eigenvalue weighted by Gasteiger charge is 2.27. The smallest absolute Gasteiger partial charge is 0.234 e. The first-order valence-corrected chi connectivity index (χ1v) is 4.18. The summed E-state index contributed by atoms with van der Waals surface area (Å²) in [5.41, 5.74) is 3.17. The van der Waals surface area contributed by atoms with Crippen LogP contribution in [0.5, 0.6) is 0 Å². The van der Waals surface area contributed by atoms with Crippen molar-refractivity contribution in [1.29, 1.82) is 0 Å². The van der Waals surface area contributed by atoms with Crippen molar-refractivity contribution in [3.63, 3.8) is 0 Å². The molecule has 1 aromatic rings. The molecule has 0 amide bonds. The molecule has 0 radical (unpaired) electrons. The molecule has 0 unspecified atom stereocenters. The summed E-state index contributed by atoms with van der Waals surface area (Å²) in [5, 5.41) is 0. The van der Waals surface area contributed by atoms with Crippen molar-refractivity contribution in [3.05, 3.63) is 24.0 Å². The Morgan fingerprint density at radius 1 is 1.42 bits per heavy atom. The standard InChI is InChI=1S/C6H6Cl3N3/c7-6(8,9)5-4(12-10)2-1-3-11-5/h1-3,12H,10H2. The average molecular weight is 226 g/mol. The molecule has 0 saturated heterocycles. The zero-order chi connectivity index (χ0) is 9.19. The van der Waals surface area contributed by atoms with E-state index in [0.717, 1.165) is 0 Å². The summed E-state index contributed by atoms with van der Waals surface area (Å²) < 4.78 is -1.55. The predicted octanol–water partition coefficient (Wildman–Crippen LogP) is 2.19. The number of hydrogen-bond donors (Lipinski definition) is 2. The molecule has 0 aliphatic rings. The van der Waals surface area contributed by atoms with Crippen molar-refractivity contribution in [2.75, 3.05) is 5.43 Å². The molecule has 6 heteroatoms. The van der Waals surface area contributed by atoms with Crippen LogP contribution in [0.4, 0.5) is 5.69 Å². The molecule has 0 aliphatic carbocycles. The normalized spacial score (nSPS) is 11.3. The first-order chi connectivity index (χ1) is 5.55. The van der Waals surface area contributed by atoms with Crippen LogP contribution >= 0.6 is 34.8 Å². The minimum atomic E-state index is -1.55. The Bertz CT molecular complexity index is 271. The predicted molar refractivity (Wildman–Crippen MR) is 51.3 cm³/mol. The van der Waals surface area contributed by atoms with Gasteiger partial charge < -0.3 is 5.43 Å². The minimum absolute atomic E-state index is 0.289.